The molecule has 7 nitrogen and oxygen atoms in total. The smallest absolute Gasteiger partial charge is 0.398 e. The molecule has 2 aliphatic rings. The van der Waals surface area contributed by atoms with Crippen molar-refractivity contribution >= 4 is 23.2 Å². The van der Waals surface area contributed by atoms with Gasteiger partial charge in [0.15, 0.2) is 0 Å². The number of fused-ring (bicyclic) bond motifs is 1. The number of amides is 2. The summed E-state index contributed by atoms with van der Waals surface area (Å²) < 4.78 is 62.1. The highest BCUT2D eigenvalue weighted by atomic mass is 32.1. The molecular weight excluding hydrogens is 512 g/mol. The Hall–Kier alpha value is -3.54. The van der Waals surface area contributed by atoms with Crippen molar-refractivity contribution < 1.29 is 31.9 Å². The van der Waals surface area contributed by atoms with E-state index < -0.39 is 47.4 Å². The van der Waals surface area contributed by atoms with Gasteiger partial charge in [-0.05, 0) is 50.1 Å². The third-order valence-corrected chi connectivity index (χ3v) is 7.81. The van der Waals surface area contributed by atoms with Crippen LogP contribution in [0.15, 0.2) is 36.5 Å². The molecule has 2 atom stereocenters. The summed E-state index contributed by atoms with van der Waals surface area (Å²) in [5.41, 5.74) is 4.24. The fraction of sp³-hybridized carbons (Fsp3) is 0.360. The van der Waals surface area contributed by atoms with Crippen molar-refractivity contribution in [3.05, 3.63) is 63.5 Å². The van der Waals surface area contributed by atoms with E-state index in [0.29, 0.717) is 11.5 Å². The Morgan fingerprint density at radius 2 is 1.97 bits per heavy atom. The number of nitrogens with one attached hydrogen (secondary N) is 1. The first-order chi connectivity index (χ1) is 17.5. The third-order valence-electron chi connectivity index (χ3n) is 6.65. The number of nitrogens with two attached hydrogens (primary N) is 1. The van der Waals surface area contributed by atoms with E-state index >= 15 is 0 Å². The van der Waals surface area contributed by atoms with Crippen LogP contribution in [0.2, 0.25) is 0 Å². The maximum absolute atomic E-state index is 14.3. The van der Waals surface area contributed by atoms with Crippen molar-refractivity contribution in [3.8, 4) is 17.0 Å². The van der Waals surface area contributed by atoms with Gasteiger partial charge in [-0.1, -0.05) is 0 Å². The van der Waals surface area contributed by atoms with Gasteiger partial charge in [-0.25, -0.2) is 14.4 Å². The summed E-state index contributed by atoms with van der Waals surface area (Å²) in [6.07, 6.45) is -1.45. The number of alkyl halides is 3. The summed E-state index contributed by atoms with van der Waals surface area (Å²) in [5.74, 6) is -3.75. The van der Waals surface area contributed by atoms with Crippen LogP contribution in [0.25, 0.3) is 11.3 Å². The zero-order chi connectivity index (χ0) is 26.5. The normalized spacial score (nSPS) is 19.7. The average Bonchev–Trinajstić information content (AvgIpc) is 3.47. The summed E-state index contributed by atoms with van der Waals surface area (Å²) in [4.78, 5) is 33.6. The van der Waals surface area contributed by atoms with Crippen molar-refractivity contribution in [2.75, 3.05) is 13.2 Å². The number of halogens is 4. The number of ether oxygens (including phenoxy) is 1. The van der Waals surface area contributed by atoms with E-state index in [4.69, 9.17) is 10.5 Å². The molecule has 5 rings (SSSR count). The second kappa shape index (κ2) is 9.09. The molecule has 1 saturated carbocycles. The summed E-state index contributed by atoms with van der Waals surface area (Å²) in [5, 5.41) is 3.15. The summed E-state index contributed by atoms with van der Waals surface area (Å²) >= 11 is 1.17. The molecule has 37 heavy (non-hydrogen) atoms. The predicted molar refractivity (Wildman–Crippen MR) is 127 cm³/mol. The zero-order valence-electron chi connectivity index (χ0n) is 19.6. The topological polar surface area (TPSA) is 107 Å². The number of rotatable bonds is 7. The SMILES string of the molecule is C[C@]1(C(N)=O)COc2c1cc(C(CNC(=O)c1cnc(C3CC3)s1)C(F)(F)F)nc2-c1ccc(F)cc1. The lowest BCUT2D eigenvalue weighted by molar-refractivity contribution is -0.149. The molecule has 1 aliphatic carbocycles. The number of aromatic nitrogens is 2. The van der Waals surface area contributed by atoms with Crippen LogP contribution in [0.5, 0.6) is 5.75 Å². The van der Waals surface area contributed by atoms with E-state index in [1.807, 2.05) is 0 Å². The molecule has 3 N–H and O–H groups in total. The van der Waals surface area contributed by atoms with E-state index in [0.717, 1.165) is 36.0 Å². The maximum atomic E-state index is 14.3. The van der Waals surface area contributed by atoms with Gasteiger partial charge < -0.3 is 15.8 Å². The first-order valence-electron chi connectivity index (χ1n) is 11.5. The second-order valence-corrected chi connectivity index (χ2v) is 10.5. The first kappa shape index (κ1) is 25.1. The quantitative estimate of drug-likeness (QED) is 0.436. The van der Waals surface area contributed by atoms with Crippen LogP contribution < -0.4 is 15.8 Å². The molecule has 2 aromatic heterocycles. The van der Waals surface area contributed by atoms with Crippen LogP contribution in [0.3, 0.4) is 0 Å². The lowest BCUT2D eigenvalue weighted by Gasteiger charge is -2.24. The van der Waals surface area contributed by atoms with Gasteiger partial charge in [0, 0.05) is 23.6 Å². The van der Waals surface area contributed by atoms with Crippen molar-refractivity contribution in [1.29, 1.82) is 0 Å². The maximum Gasteiger partial charge on any atom is 0.398 e. The van der Waals surface area contributed by atoms with Gasteiger partial charge in [-0.3, -0.25) is 9.59 Å². The van der Waals surface area contributed by atoms with Crippen LogP contribution in [0.4, 0.5) is 17.6 Å². The molecule has 0 radical (unpaired) electrons. The molecule has 1 unspecified atom stereocenters. The monoisotopic (exact) mass is 534 g/mol. The highest BCUT2D eigenvalue weighted by Crippen LogP contribution is 2.47. The van der Waals surface area contributed by atoms with Crippen molar-refractivity contribution in [1.82, 2.24) is 15.3 Å². The van der Waals surface area contributed by atoms with Crippen LogP contribution in [0.1, 0.15) is 57.5 Å². The van der Waals surface area contributed by atoms with Crippen molar-refractivity contribution in [2.24, 2.45) is 5.73 Å². The Labute approximate surface area is 213 Å². The Bertz CT molecular complexity index is 1370. The van der Waals surface area contributed by atoms with Gasteiger partial charge in [0.1, 0.15) is 40.1 Å². The minimum atomic E-state index is -4.79. The van der Waals surface area contributed by atoms with Crippen molar-refractivity contribution in [3.63, 3.8) is 0 Å². The Kier molecular flexibility index (Phi) is 6.17. The molecule has 1 aromatic carbocycles. The van der Waals surface area contributed by atoms with Gasteiger partial charge in [0.25, 0.3) is 5.91 Å². The average molecular weight is 535 g/mol. The highest BCUT2D eigenvalue weighted by Gasteiger charge is 2.47. The largest absolute Gasteiger partial charge is 0.489 e. The molecule has 3 heterocycles. The molecular formula is C25H22F4N4O3S. The van der Waals surface area contributed by atoms with Crippen molar-refractivity contribution in [2.45, 2.75) is 43.2 Å². The number of pyridine rings is 1. The number of benzene rings is 1. The minimum absolute atomic E-state index is 0.0228. The van der Waals surface area contributed by atoms with Gasteiger partial charge >= 0.3 is 6.18 Å². The Balaban J connectivity index is 1.52. The van der Waals surface area contributed by atoms with E-state index in [9.17, 15) is 27.2 Å². The van der Waals surface area contributed by atoms with Gasteiger partial charge in [-0.2, -0.15) is 13.2 Å². The summed E-state index contributed by atoms with van der Waals surface area (Å²) in [6.45, 7) is 0.506. The fourth-order valence-electron chi connectivity index (χ4n) is 4.17. The lowest BCUT2D eigenvalue weighted by atomic mass is 9.82. The van der Waals surface area contributed by atoms with Crippen LogP contribution in [0, 0.1) is 5.82 Å². The number of primary amides is 1. The molecule has 12 heteroatoms. The van der Waals surface area contributed by atoms with Crippen LogP contribution >= 0.6 is 11.3 Å². The summed E-state index contributed by atoms with van der Waals surface area (Å²) in [6, 6.07) is 6.16. The molecule has 0 saturated heterocycles. The van der Waals surface area contributed by atoms with Gasteiger partial charge in [0.05, 0.1) is 16.9 Å². The molecule has 0 spiro atoms. The number of hydrogen-bond donors (Lipinski definition) is 2. The number of carbonyl (C=O) groups is 2. The molecule has 2 amide bonds. The molecule has 194 valence electrons. The molecule has 1 fully saturated rings. The number of hydrogen-bond acceptors (Lipinski definition) is 6. The van der Waals surface area contributed by atoms with Gasteiger partial charge in [0.2, 0.25) is 5.91 Å². The summed E-state index contributed by atoms with van der Waals surface area (Å²) in [7, 11) is 0. The van der Waals surface area contributed by atoms with Crippen LogP contribution in [-0.2, 0) is 10.2 Å². The number of nitrogens with zero attached hydrogens (tertiary/aromatic N) is 2. The minimum Gasteiger partial charge on any atom is -0.489 e. The number of thiazole rings is 1. The van der Waals surface area contributed by atoms with E-state index in [1.165, 1.54) is 36.6 Å². The molecule has 3 aromatic rings. The zero-order valence-corrected chi connectivity index (χ0v) is 20.4. The Morgan fingerprint density at radius 1 is 1.27 bits per heavy atom. The standard InChI is InChI=1S/C25H22F4N4O3S/c1-24(23(30)35)11-36-20-15(24)8-17(33-19(20)12-4-6-14(26)7-5-12)16(25(27,28)29)9-31-21(34)18-10-32-22(37-18)13-2-3-13/h4-8,10,13,16H,2-3,9,11H2,1H3,(H2,30,35)(H,31,34)/t16?,24-/m0/s1. The first-order valence-corrected chi connectivity index (χ1v) is 12.3. The van der Waals surface area contributed by atoms with E-state index in [-0.39, 0.29) is 28.5 Å². The molecule has 0 bridgehead atoms. The fourth-order valence-corrected chi connectivity index (χ4v) is 5.17. The Morgan fingerprint density at radius 3 is 2.59 bits per heavy atom. The molecule has 1 aliphatic heterocycles. The second-order valence-electron chi connectivity index (χ2n) is 9.41. The highest BCUT2D eigenvalue weighted by molar-refractivity contribution is 7.13. The van der Waals surface area contributed by atoms with E-state index in [1.54, 1.807) is 0 Å². The lowest BCUT2D eigenvalue weighted by Crippen LogP contribution is -2.40. The van der Waals surface area contributed by atoms with Crippen LogP contribution in [-0.4, -0.2) is 41.1 Å². The van der Waals surface area contributed by atoms with E-state index in [2.05, 4.69) is 15.3 Å². The third kappa shape index (κ3) is 4.77. The predicted octanol–water partition coefficient (Wildman–Crippen LogP) is 4.43. The number of carbonyl (C=O) groups excluding carboxylic acids is 2. The van der Waals surface area contributed by atoms with Gasteiger partial charge in [-0.15, -0.1) is 11.3 Å².